The summed E-state index contributed by atoms with van der Waals surface area (Å²) in [5, 5.41) is 0. The predicted octanol–water partition coefficient (Wildman–Crippen LogP) is 12.0. The highest BCUT2D eigenvalue weighted by atomic mass is 16.5. The van der Waals surface area contributed by atoms with Gasteiger partial charge in [-0.05, 0) is 19.3 Å². The van der Waals surface area contributed by atoms with E-state index in [0.717, 1.165) is 39.0 Å². The quantitative estimate of drug-likeness (QED) is 0.0673. The molecule has 0 bridgehead atoms. The fraction of sp³-hybridized carbons (Fsp3) is 0.974. The monoisotopic (exact) mass is 608 g/mol. The second-order valence-corrected chi connectivity index (χ2v) is 13.7. The molecule has 256 valence electrons. The van der Waals surface area contributed by atoms with E-state index in [1.165, 1.54) is 167 Å². The third-order valence-corrected chi connectivity index (χ3v) is 9.39. The van der Waals surface area contributed by atoms with Gasteiger partial charge in [0.05, 0.1) is 12.7 Å². The Balaban J connectivity index is 1.98. The van der Waals surface area contributed by atoms with E-state index >= 15 is 0 Å². The maximum atomic E-state index is 12.2. The van der Waals surface area contributed by atoms with Crippen LogP contribution in [0.1, 0.15) is 206 Å². The Hall–Kier alpha value is -0.610. The van der Waals surface area contributed by atoms with Gasteiger partial charge in [0.1, 0.15) is 0 Å². The van der Waals surface area contributed by atoms with E-state index in [1.54, 1.807) is 0 Å². The van der Waals surface area contributed by atoms with Crippen molar-refractivity contribution in [2.45, 2.75) is 213 Å². The third kappa shape index (κ3) is 27.4. The Kier molecular flexibility index (Phi) is 30.8. The number of amides is 1. The molecular weight excluding hydrogens is 530 g/mol. The highest BCUT2D eigenvalue weighted by molar-refractivity contribution is 5.78. The Labute approximate surface area is 270 Å². The number of likely N-dealkylation sites (tertiary alicyclic amines) is 1. The molecule has 1 atom stereocenters. The summed E-state index contributed by atoms with van der Waals surface area (Å²) in [6.07, 6.45) is 40.3. The van der Waals surface area contributed by atoms with Gasteiger partial charge in [-0.2, -0.15) is 0 Å². The first-order valence-corrected chi connectivity index (χ1v) is 19.7. The maximum Gasteiger partial charge on any atom is 0.222 e. The first-order chi connectivity index (χ1) is 21.3. The van der Waals surface area contributed by atoms with Crippen LogP contribution >= 0.6 is 0 Å². The minimum atomic E-state index is 0.0238. The van der Waals surface area contributed by atoms with Gasteiger partial charge in [0.2, 0.25) is 5.91 Å². The van der Waals surface area contributed by atoms with Crippen LogP contribution in [0.3, 0.4) is 0 Å². The first-order valence-electron chi connectivity index (χ1n) is 19.7. The van der Waals surface area contributed by atoms with Gasteiger partial charge >= 0.3 is 0 Å². The molecular formula is C39H77NO3. The zero-order valence-electron chi connectivity index (χ0n) is 29.5. The zero-order valence-corrected chi connectivity index (χ0v) is 29.5. The molecule has 4 heteroatoms. The van der Waals surface area contributed by atoms with Crippen LogP contribution in [0.5, 0.6) is 0 Å². The summed E-state index contributed by atoms with van der Waals surface area (Å²) in [7, 11) is 0. The number of hydrogen-bond acceptors (Lipinski definition) is 3. The number of nitrogens with zero attached hydrogens (tertiary/aromatic N) is 1. The lowest BCUT2D eigenvalue weighted by molar-refractivity contribution is -0.130. The fourth-order valence-electron chi connectivity index (χ4n) is 6.46. The van der Waals surface area contributed by atoms with E-state index in [4.69, 9.17) is 9.47 Å². The SMILES string of the molecule is CCCCCCCCCCCCCCCCOCC(CN1CCCC1=O)OCCCCCCCCCCCCCCCC. The molecule has 0 aliphatic carbocycles. The summed E-state index contributed by atoms with van der Waals surface area (Å²) >= 11 is 0. The van der Waals surface area contributed by atoms with Crippen LogP contribution < -0.4 is 0 Å². The lowest BCUT2D eigenvalue weighted by Crippen LogP contribution is -2.37. The average molecular weight is 608 g/mol. The van der Waals surface area contributed by atoms with Gasteiger partial charge in [-0.3, -0.25) is 4.79 Å². The molecule has 1 rings (SSSR count). The number of carbonyl (C=O) groups excluding carboxylic acids is 1. The Bertz CT molecular complexity index is 569. The molecule has 0 aromatic carbocycles. The zero-order chi connectivity index (χ0) is 30.9. The summed E-state index contributed by atoms with van der Waals surface area (Å²) < 4.78 is 12.3. The second-order valence-electron chi connectivity index (χ2n) is 13.7. The summed E-state index contributed by atoms with van der Waals surface area (Å²) in [6, 6.07) is 0. The molecule has 1 unspecified atom stereocenters. The van der Waals surface area contributed by atoms with Crippen molar-refractivity contribution < 1.29 is 14.3 Å². The molecule has 0 radical (unpaired) electrons. The Morgan fingerprint density at radius 1 is 0.535 bits per heavy atom. The molecule has 0 aromatic heterocycles. The van der Waals surface area contributed by atoms with Crippen LogP contribution in [0.4, 0.5) is 0 Å². The topological polar surface area (TPSA) is 38.8 Å². The predicted molar refractivity (Wildman–Crippen MR) is 187 cm³/mol. The Morgan fingerprint density at radius 3 is 1.28 bits per heavy atom. The molecule has 1 aliphatic rings. The van der Waals surface area contributed by atoms with Crippen molar-refractivity contribution in [1.82, 2.24) is 4.90 Å². The molecule has 1 aliphatic heterocycles. The van der Waals surface area contributed by atoms with Crippen LogP contribution in [0, 0.1) is 0 Å². The molecule has 0 saturated carbocycles. The lowest BCUT2D eigenvalue weighted by atomic mass is 10.0. The van der Waals surface area contributed by atoms with Gasteiger partial charge in [-0.1, -0.05) is 181 Å². The van der Waals surface area contributed by atoms with Crippen LogP contribution in [0.2, 0.25) is 0 Å². The van der Waals surface area contributed by atoms with Crippen LogP contribution in [0.15, 0.2) is 0 Å². The molecule has 4 nitrogen and oxygen atoms in total. The number of carbonyl (C=O) groups is 1. The van der Waals surface area contributed by atoms with E-state index in [2.05, 4.69) is 13.8 Å². The Morgan fingerprint density at radius 2 is 0.907 bits per heavy atom. The third-order valence-electron chi connectivity index (χ3n) is 9.39. The first kappa shape index (κ1) is 40.4. The van der Waals surface area contributed by atoms with E-state index < -0.39 is 0 Å². The van der Waals surface area contributed by atoms with Gasteiger partial charge in [-0.15, -0.1) is 0 Å². The summed E-state index contributed by atoms with van der Waals surface area (Å²) in [5.41, 5.74) is 0. The smallest absolute Gasteiger partial charge is 0.222 e. The van der Waals surface area contributed by atoms with Crippen molar-refractivity contribution in [3.63, 3.8) is 0 Å². The second kappa shape index (κ2) is 32.8. The summed E-state index contributed by atoms with van der Waals surface area (Å²) in [4.78, 5) is 14.2. The number of hydrogen-bond donors (Lipinski definition) is 0. The molecule has 0 spiro atoms. The normalized spacial score (nSPS) is 14.3. The molecule has 0 N–H and O–H groups in total. The van der Waals surface area contributed by atoms with Crippen LogP contribution in [-0.4, -0.2) is 49.8 Å². The van der Waals surface area contributed by atoms with E-state index in [9.17, 15) is 4.79 Å². The van der Waals surface area contributed by atoms with Crippen LogP contribution in [-0.2, 0) is 14.3 Å². The van der Waals surface area contributed by atoms with Crippen molar-refractivity contribution in [3.8, 4) is 0 Å². The standard InChI is InChI=1S/C39H77NO3/c1-3-5-7-9-11-13-15-17-19-21-23-25-27-29-34-42-37-38(36-40-33-31-32-39(40)41)43-35-30-28-26-24-22-20-18-16-14-12-10-8-6-4-2/h38H,3-37H2,1-2H3. The highest BCUT2D eigenvalue weighted by Gasteiger charge is 2.24. The number of unbranched alkanes of at least 4 members (excludes halogenated alkanes) is 26. The minimum absolute atomic E-state index is 0.0238. The van der Waals surface area contributed by atoms with Gasteiger partial charge in [0.15, 0.2) is 0 Å². The average Bonchev–Trinajstić information content (AvgIpc) is 3.42. The van der Waals surface area contributed by atoms with Crippen molar-refractivity contribution in [1.29, 1.82) is 0 Å². The molecule has 0 aromatic rings. The van der Waals surface area contributed by atoms with Gasteiger partial charge in [0.25, 0.3) is 0 Å². The van der Waals surface area contributed by atoms with Crippen molar-refractivity contribution in [2.24, 2.45) is 0 Å². The van der Waals surface area contributed by atoms with Crippen molar-refractivity contribution >= 4 is 5.91 Å². The molecule has 1 saturated heterocycles. The van der Waals surface area contributed by atoms with Crippen molar-refractivity contribution in [2.75, 3.05) is 32.9 Å². The van der Waals surface area contributed by atoms with Gasteiger partial charge in [-0.25, -0.2) is 0 Å². The van der Waals surface area contributed by atoms with Gasteiger partial charge < -0.3 is 14.4 Å². The molecule has 43 heavy (non-hydrogen) atoms. The van der Waals surface area contributed by atoms with Crippen LogP contribution in [0.25, 0.3) is 0 Å². The number of rotatable bonds is 35. The van der Waals surface area contributed by atoms with E-state index in [1.807, 2.05) is 4.90 Å². The molecule has 1 fully saturated rings. The van der Waals surface area contributed by atoms with Gasteiger partial charge in [0, 0.05) is 32.7 Å². The highest BCUT2D eigenvalue weighted by Crippen LogP contribution is 2.16. The molecule has 1 amide bonds. The van der Waals surface area contributed by atoms with E-state index in [0.29, 0.717) is 19.6 Å². The maximum absolute atomic E-state index is 12.2. The lowest BCUT2D eigenvalue weighted by Gasteiger charge is -2.24. The summed E-state index contributed by atoms with van der Waals surface area (Å²) in [5.74, 6) is 0.289. The number of ether oxygens (including phenoxy) is 2. The minimum Gasteiger partial charge on any atom is -0.379 e. The van der Waals surface area contributed by atoms with Crippen molar-refractivity contribution in [3.05, 3.63) is 0 Å². The van der Waals surface area contributed by atoms with E-state index in [-0.39, 0.29) is 12.0 Å². The fourth-order valence-corrected chi connectivity index (χ4v) is 6.46. The molecule has 1 heterocycles. The summed E-state index contributed by atoms with van der Waals surface area (Å²) in [6.45, 7) is 8.42. The largest absolute Gasteiger partial charge is 0.379 e.